The van der Waals surface area contributed by atoms with Gasteiger partial charge in [0.1, 0.15) is 5.75 Å². The zero-order valence-electron chi connectivity index (χ0n) is 18.8. The van der Waals surface area contributed by atoms with E-state index in [9.17, 15) is 4.79 Å². The molecular formula is C24H30N4O2S. The molecule has 164 valence electrons. The Morgan fingerprint density at radius 1 is 1.16 bits per heavy atom. The Morgan fingerprint density at radius 2 is 1.90 bits per heavy atom. The van der Waals surface area contributed by atoms with E-state index in [1.807, 2.05) is 63.2 Å². The zero-order valence-corrected chi connectivity index (χ0v) is 19.6. The molecule has 1 unspecified atom stereocenters. The van der Waals surface area contributed by atoms with E-state index in [0.717, 1.165) is 58.5 Å². The minimum Gasteiger partial charge on any atom is -0.497 e. The molecule has 0 fully saturated rings. The Balaban J connectivity index is 1.80. The molecule has 1 N–H and O–H groups in total. The van der Waals surface area contributed by atoms with E-state index in [1.165, 1.54) is 11.8 Å². The maximum Gasteiger partial charge on any atom is 0.237 e. The quantitative estimate of drug-likeness (QED) is 0.447. The van der Waals surface area contributed by atoms with Gasteiger partial charge in [-0.3, -0.25) is 4.79 Å². The number of nitrogens with zero attached hydrogens (tertiary/aromatic N) is 3. The number of carbonyl (C=O) groups is 1. The summed E-state index contributed by atoms with van der Waals surface area (Å²) >= 11 is 1.43. The number of benzene rings is 2. The molecule has 0 aliphatic carbocycles. The lowest BCUT2D eigenvalue weighted by molar-refractivity contribution is -0.115. The number of methoxy groups -OCH3 is 1. The predicted octanol–water partition coefficient (Wildman–Crippen LogP) is 5.49. The molecule has 31 heavy (non-hydrogen) atoms. The average molecular weight is 439 g/mol. The van der Waals surface area contributed by atoms with Crippen LogP contribution in [0.4, 0.5) is 5.69 Å². The van der Waals surface area contributed by atoms with Crippen molar-refractivity contribution in [2.75, 3.05) is 12.4 Å². The molecule has 6 nitrogen and oxygen atoms in total. The highest BCUT2D eigenvalue weighted by molar-refractivity contribution is 8.00. The van der Waals surface area contributed by atoms with E-state index in [2.05, 4.69) is 27.0 Å². The monoisotopic (exact) mass is 438 g/mol. The molecular weight excluding hydrogens is 408 g/mol. The second kappa shape index (κ2) is 10.5. The van der Waals surface area contributed by atoms with Crippen LogP contribution < -0.4 is 10.1 Å². The van der Waals surface area contributed by atoms with Crippen LogP contribution >= 0.6 is 11.8 Å². The molecule has 1 heterocycles. The summed E-state index contributed by atoms with van der Waals surface area (Å²) < 4.78 is 7.37. The molecule has 0 aliphatic heterocycles. The second-order valence-corrected chi connectivity index (χ2v) is 8.92. The number of rotatable bonds is 9. The average Bonchev–Trinajstić information content (AvgIpc) is 3.16. The van der Waals surface area contributed by atoms with Crippen LogP contribution in [-0.4, -0.2) is 33.0 Å². The lowest BCUT2D eigenvalue weighted by Gasteiger charge is -2.15. The molecule has 7 heteroatoms. The molecule has 3 rings (SSSR count). The van der Waals surface area contributed by atoms with Crippen molar-refractivity contribution in [2.24, 2.45) is 0 Å². The van der Waals surface area contributed by atoms with Crippen LogP contribution in [0.15, 0.2) is 47.6 Å². The highest BCUT2D eigenvalue weighted by Crippen LogP contribution is 2.29. The van der Waals surface area contributed by atoms with Crippen molar-refractivity contribution in [3.8, 4) is 17.1 Å². The molecule has 0 aliphatic rings. The standard InChI is InChI=1S/C24H30N4O2S/c1-6-7-14-28-22(19-10-12-20(30-5)13-11-19)26-27-24(28)31-18(4)23(29)25-21-15-16(2)8-9-17(21)3/h8-13,15,18H,6-7,14H2,1-5H3,(H,25,29). The topological polar surface area (TPSA) is 69.0 Å². The van der Waals surface area contributed by atoms with E-state index in [0.29, 0.717) is 0 Å². The first-order chi connectivity index (χ1) is 14.9. The van der Waals surface area contributed by atoms with Gasteiger partial charge in [0.25, 0.3) is 0 Å². The number of aryl methyl sites for hydroxylation is 2. The SMILES string of the molecule is CCCCn1c(SC(C)C(=O)Nc2cc(C)ccc2C)nnc1-c1ccc(OC)cc1. The van der Waals surface area contributed by atoms with Crippen LogP contribution in [-0.2, 0) is 11.3 Å². The van der Waals surface area contributed by atoms with Crippen LogP contribution in [0.2, 0.25) is 0 Å². The molecule has 0 radical (unpaired) electrons. The normalized spacial score (nSPS) is 11.9. The van der Waals surface area contributed by atoms with Crippen molar-refractivity contribution in [2.45, 2.75) is 57.5 Å². The van der Waals surface area contributed by atoms with Gasteiger partial charge in [-0.15, -0.1) is 10.2 Å². The maximum absolute atomic E-state index is 12.8. The van der Waals surface area contributed by atoms with E-state index in [1.54, 1.807) is 7.11 Å². The first kappa shape index (κ1) is 22.9. The second-order valence-electron chi connectivity index (χ2n) is 7.61. The zero-order chi connectivity index (χ0) is 22.4. The summed E-state index contributed by atoms with van der Waals surface area (Å²) in [5, 5.41) is 12.3. The molecule has 2 aromatic carbocycles. The van der Waals surface area contributed by atoms with Gasteiger partial charge in [-0.25, -0.2) is 0 Å². The van der Waals surface area contributed by atoms with Gasteiger partial charge < -0.3 is 14.6 Å². The summed E-state index contributed by atoms with van der Waals surface area (Å²) in [6.45, 7) is 8.87. The molecule has 1 aromatic heterocycles. The summed E-state index contributed by atoms with van der Waals surface area (Å²) in [5.41, 5.74) is 3.99. The fraction of sp³-hybridized carbons (Fsp3) is 0.375. The number of anilines is 1. The number of hydrogen-bond donors (Lipinski definition) is 1. The van der Waals surface area contributed by atoms with Crippen LogP contribution in [0.5, 0.6) is 5.75 Å². The van der Waals surface area contributed by atoms with E-state index in [-0.39, 0.29) is 11.2 Å². The van der Waals surface area contributed by atoms with Crippen LogP contribution in [0.25, 0.3) is 11.4 Å². The number of ether oxygens (including phenoxy) is 1. The van der Waals surface area contributed by atoms with Crippen molar-refractivity contribution in [1.29, 1.82) is 0 Å². The number of aromatic nitrogens is 3. The third kappa shape index (κ3) is 5.67. The molecule has 0 saturated carbocycles. The Labute approximate surface area is 188 Å². The number of amides is 1. The third-order valence-electron chi connectivity index (χ3n) is 5.10. The van der Waals surface area contributed by atoms with E-state index >= 15 is 0 Å². The van der Waals surface area contributed by atoms with Crippen LogP contribution in [0, 0.1) is 13.8 Å². The smallest absolute Gasteiger partial charge is 0.237 e. The molecule has 0 saturated heterocycles. The Morgan fingerprint density at radius 3 is 2.58 bits per heavy atom. The van der Waals surface area contributed by atoms with Crippen molar-refractivity contribution in [1.82, 2.24) is 14.8 Å². The van der Waals surface area contributed by atoms with Gasteiger partial charge in [-0.2, -0.15) is 0 Å². The number of hydrogen-bond acceptors (Lipinski definition) is 5. The third-order valence-corrected chi connectivity index (χ3v) is 6.18. The summed E-state index contributed by atoms with van der Waals surface area (Å²) in [6.07, 6.45) is 2.07. The Hall–Kier alpha value is -2.80. The number of unbranched alkanes of at least 4 members (excludes halogenated alkanes) is 1. The number of nitrogens with one attached hydrogen (secondary N) is 1. The van der Waals surface area contributed by atoms with Crippen molar-refractivity contribution < 1.29 is 9.53 Å². The van der Waals surface area contributed by atoms with Crippen molar-refractivity contribution in [3.63, 3.8) is 0 Å². The van der Waals surface area contributed by atoms with Crippen molar-refractivity contribution in [3.05, 3.63) is 53.6 Å². The molecule has 3 aromatic rings. The van der Waals surface area contributed by atoms with Gasteiger partial charge >= 0.3 is 0 Å². The Bertz CT molecular complexity index is 1030. The predicted molar refractivity (Wildman–Crippen MR) is 127 cm³/mol. The first-order valence-corrected chi connectivity index (χ1v) is 11.4. The van der Waals surface area contributed by atoms with Gasteiger partial charge in [0, 0.05) is 17.8 Å². The summed E-state index contributed by atoms with van der Waals surface area (Å²) in [5.74, 6) is 1.56. The van der Waals surface area contributed by atoms with E-state index in [4.69, 9.17) is 4.74 Å². The lowest BCUT2D eigenvalue weighted by Crippen LogP contribution is -2.23. The molecule has 0 spiro atoms. The van der Waals surface area contributed by atoms with Gasteiger partial charge in [-0.05, 0) is 68.7 Å². The van der Waals surface area contributed by atoms with Gasteiger partial charge in [0.15, 0.2) is 11.0 Å². The van der Waals surface area contributed by atoms with Gasteiger partial charge in [0.2, 0.25) is 5.91 Å². The van der Waals surface area contributed by atoms with Crippen LogP contribution in [0.3, 0.4) is 0 Å². The largest absolute Gasteiger partial charge is 0.497 e. The summed E-state index contributed by atoms with van der Waals surface area (Å²) in [7, 11) is 1.65. The highest BCUT2D eigenvalue weighted by Gasteiger charge is 2.21. The highest BCUT2D eigenvalue weighted by atomic mass is 32.2. The van der Waals surface area contributed by atoms with Gasteiger partial charge in [0.05, 0.1) is 12.4 Å². The minimum atomic E-state index is -0.312. The summed E-state index contributed by atoms with van der Waals surface area (Å²) in [6, 6.07) is 13.9. The Kier molecular flexibility index (Phi) is 7.74. The molecule has 1 atom stereocenters. The molecule has 1 amide bonds. The maximum atomic E-state index is 12.8. The van der Waals surface area contributed by atoms with Gasteiger partial charge in [-0.1, -0.05) is 37.2 Å². The fourth-order valence-corrected chi connectivity index (χ4v) is 4.04. The number of carbonyl (C=O) groups excluding carboxylic acids is 1. The van der Waals surface area contributed by atoms with E-state index < -0.39 is 0 Å². The minimum absolute atomic E-state index is 0.0465. The van der Waals surface area contributed by atoms with Crippen LogP contribution in [0.1, 0.15) is 37.8 Å². The number of thioether (sulfide) groups is 1. The fourth-order valence-electron chi connectivity index (χ4n) is 3.16. The van der Waals surface area contributed by atoms with Crippen molar-refractivity contribution >= 4 is 23.4 Å². The first-order valence-electron chi connectivity index (χ1n) is 10.5. The molecule has 0 bridgehead atoms. The lowest BCUT2D eigenvalue weighted by atomic mass is 10.1. The summed E-state index contributed by atoms with van der Waals surface area (Å²) in [4.78, 5) is 12.8.